The third kappa shape index (κ3) is 5.06. The summed E-state index contributed by atoms with van der Waals surface area (Å²) in [5, 5.41) is 10.1. The molecule has 10 heteroatoms. The first kappa shape index (κ1) is 20.2. The number of nitrogens with zero attached hydrogens (tertiary/aromatic N) is 2. The van der Waals surface area contributed by atoms with Crippen LogP contribution in [0.3, 0.4) is 0 Å². The largest absolute Gasteiger partial charge is 0.432 e. The van der Waals surface area contributed by atoms with E-state index >= 15 is 0 Å². The molecule has 1 rings (SSSR count). The molecule has 0 atom stereocenters. The van der Waals surface area contributed by atoms with Crippen LogP contribution in [0.1, 0.15) is 19.5 Å². The highest BCUT2D eigenvalue weighted by atomic mass is 31.2. The minimum Gasteiger partial charge on any atom is -0.335 e. The van der Waals surface area contributed by atoms with Gasteiger partial charge in [-0.2, -0.15) is 18.4 Å². The van der Waals surface area contributed by atoms with Crippen molar-refractivity contribution in [2.45, 2.75) is 26.9 Å². The lowest BCUT2D eigenvalue weighted by Crippen LogP contribution is -2.22. The zero-order chi connectivity index (χ0) is 18.4. The lowest BCUT2D eigenvalue weighted by atomic mass is 10.3. The van der Waals surface area contributed by atoms with Gasteiger partial charge in [0.15, 0.2) is 5.31 Å². The van der Waals surface area contributed by atoms with Gasteiger partial charge >= 0.3 is 13.8 Å². The zero-order valence-corrected chi connectivity index (χ0v) is 14.2. The molecule has 0 aliphatic carbocycles. The van der Waals surface area contributed by atoms with Crippen LogP contribution in [0.2, 0.25) is 0 Å². The number of allylic oxidation sites excluding steroid dienone is 2. The molecule has 1 aromatic rings. The summed E-state index contributed by atoms with van der Waals surface area (Å²) in [6.07, 6.45) is -4.99. The van der Waals surface area contributed by atoms with Gasteiger partial charge in [-0.25, -0.2) is 4.98 Å². The van der Waals surface area contributed by atoms with Gasteiger partial charge in [-0.1, -0.05) is 6.07 Å². The number of rotatable bonds is 7. The molecule has 0 saturated heterocycles. The fourth-order valence-electron chi connectivity index (χ4n) is 1.77. The molecule has 0 aliphatic heterocycles. The molecule has 0 unspecified atom stereocenters. The van der Waals surface area contributed by atoms with Gasteiger partial charge < -0.3 is 14.4 Å². The Hall–Kier alpha value is -1.88. The van der Waals surface area contributed by atoms with Crippen LogP contribution in [0, 0.1) is 18.3 Å². The van der Waals surface area contributed by atoms with Gasteiger partial charge in [0.2, 0.25) is 0 Å². The molecular weight excluding hydrogens is 346 g/mol. The Morgan fingerprint density at radius 2 is 1.92 bits per heavy atom. The summed E-state index contributed by atoms with van der Waals surface area (Å²) in [5.41, 5.74) is -1.05. The number of pyridine rings is 1. The van der Waals surface area contributed by atoms with E-state index in [0.717, 1.165) is 0 Å². The summed E-state index contributed by atoms with van der Waals surface area (Å²) in [5.74, 6) is -0.144. The molecule has 132 valence electrons. The van der Waals surface area contributed by atoms with Crippen molar-refractivity contribution in [3.05, 3.63) is 34.9 Å². The zero-order valence-electron chi connectivity index (χ0n) is 13.3. The summed E-state index contributed by atoms with van der Waals surface area (Å²) in [4.78, 5) is 3.89. The fraction of sp³-hybridized carbons (Fsp3) is 0.429. The first-order chi connectivity index (χ1) is 11.2. The molecule has 0 amide bonds. The van der Waals surface area contributed by atoms with Crippen LogP contribution in [0.4, 0.5) is 19.0 Å². The van der Waals surface area contributed by atoms with Gasteiger partial charge in [0.1, 0.15) is 17.6 Å². The van der Waals surface area contributed by atoms with E-state index in [2.05, 4.69) is 4.98 Å². The number of hydrogen-bond acceptors (Lipinski definition) is 6. The Kier molecular flexibility index (Phi) is 6.96. The van der Waals surface area contributed by atoms with Gasteiger partial charge in [0.05, 0.1) is 13.2 Å². The topological polar surface area (TPSA) is 84.2 Å². The Morgan fingerprint density at radius 3 is 2.33 bits per heavy atom. The molecule has 0 radical (unpaired) electrons. The minimum absolute atomic E-state index is 0.144. The second kappa shape index (κ2) is 8.29. The Bertz CT molecular complexity index is 688. The monoisotopic (exact) mass is 363 g/mol. The molecule has 0 fully saturated rings. The number of halogens is 3. The fourth-order valence-corrected chi connectivity index (χ4v) is 3.36. The maximum absolute atomic E-state index is 13.4. The average Bonchev–Trinajstić information content (AvgIpc) is 2.46. The van der Waals surface area contributed by atoms with Crippen LogP contribution in [0.25, 0.3) is 0 Å². The number of hydrogen-bond donors (Lipinski definition) is 1. The first-order valence-electron chi connectivity index (χ1n) is 6.99. The second-order valence-electron chi connectivity index (χ2n) is 4.46. The van der Waals surface area contributed by atoms with E-state index in [9.17, 15) is 23.0 Å². The number of anilines is 1. The highest BCUT2D eigenvalue weighted by molar-refractivity contribution is 7.59. The molecule has 0 bridgehead atoms. The summed E-state index contributed by atoms with van der Waals surface area (Å²) < 4.78 is 62.6. The van der Waals surface area contributed by atoms with Crippen LogP contribution in [-0.2, 0) is 13.6 Å². The summed E-state index contributed by atoms with van der Waals surface area (Å²) >= 11 is 0. The van der Waals surface area contributed by atoms with Crippen LogP contribution in [0.15, 0.2) is 29.2 Å². The van der Waals surface area contributed by atoms with E-state index in [1.54, 1.807) is 13.0 Å². The van der Waals surface area contributed by atoms with E-state index in [-0.39, 0.29) is 19.0 Å². The van der Waals surface area contributed by atoms with E-state index in [1.807, 2.05) is 5.32 Å². The third-order valence-corrected chi connectivity index (χ3v) is 4.71. The van der Waals surface area contributed by atoms with Crippen LogP contribution >= 0.6 is 7.60 Å². The normalized spacial score (nSPS) is 13.2. The van der Waals surface area contributed by atoms with Crippen molar-refractivity contribution < 1.29 is 26.8 Å². The predicted octanol–water partition coefficient (Wildman–Crippen LogP) is 4.37. The Morgan fingerprint density at radius 1 is 1.33 bits per heavy atom. The molecule has 1 heterocycles. The number of aryl methyl sites for hydroxylation is 1. The van der Waals surface area contributed by atoms with Crippen molar-refractivity contribution in [1.82, 2.24) is 4.98 Å². The standard InChI is InChI=1S/C14H17F3N3O3P/c1-4-22-24(21,23-5-2)11(9-18)13(14(15,16)17)20-12-8-6-7-10(3)19-12/h6-8H,4-5H2,1-3H3,(H,19,20)/b13-11-. The SMILES string of the molecule is CCOP(=O)(OCC)/C(C#N)=C(\Nc1cccc(C)n1)C(F)(F)F. The van der Waals surface area contributed by atoms with Crippen molar-refractivity contribution in [2.24, 2.45) is 0 Å². The van der Waals surface area contributed by atoms with Gasteiger partial charge in [-0.3, -0.25) is 4.57 Å². The van der Waals surface area contributed by atoms with E-state index in [0.29, 0.717) is 5.69 Å². The summed E-state index contributed by atoms with van der Waals surface area (Å²) in [6, 6.07) is 5.69. The maximum atomic E-state index is 13.4. The second-order valence-corrected chi connectivity index (χ2v) is 6.41. The van der Waals surface area contributed by atoms with Crippen molar-refractivity contribution in [2.75, 3.05) is 18.5 Å². The predicted molar refractivity (Wildman–Crippen MR) is 82.1 cm³/mol. The quantitative estimate of drug-likeness (QED) is 0.572. The molecule has 0 saturated carbocycles. The molecule has 0 aliphatic rings. The van der Waals surface area contributed by atoms with E-state index in [1.165, 1.54) is 32.0 Å². The molecular formula is C14H17F3N3O3P. The van der Waals surface area contributed by atoms with Crippen LogP contribution in [0.5, 0.6) is 0 Å². The van der Waals surface area contributed by atoms with Gasteiger partial charge in [0.25, 0.3) is 0 Å². The van der Waals surface area contributed by atoms with E-state index < -0.39 is 24.8 Å². The Balaban J connectivity index is 3.50. The molecule has 6 nitrogen and oxygen atoms in total. The lowest BCUT2D eigenvalue weighted by molar-refractivity contribution is -0.0907. The maximum Gasteiger partial charge on any atom is 0.432 e. The molecule has 1 N–H and O–H groups in total. The van der Waals surface area contributed by atoms with Crippen molar-refractivity contribution >= 4 is 13.4 Å². The number of nitrogens with one attached hydrogen (secondary N) is 1. The molecule has 0 spiro atoms. The summed E-state index contributed by atoms with van der Waals surface area (Å²) in [6.45, 7) is 4.10. The van der Waals surface area contributed by atoms with E-state index in [4.69, 9.17) is 9.05 Å². The number of nitriles is 1. The average molecular weight is 363 g/mol. The van der Waals surface area contributed by atoms with Crippen molar-refractivity contribution in [3.63, 3.8) is 0 Å². The smallest absolute Gasteiger partial charge is 0.335 e. The van der Waals surface area contributed by atoms with Crippen LogP contribution in [-0.4, -0.2) is 24.4 Å². The first-order valence-corrected chi connectivity index (χ1v) is 8.54. The minimum atomic E-state index is -4.99. The summed E-state index contributed by atoms with van der Waals surface area (Å²) in [7, 11) is -4.42. The molecule has 24 heavy (non-hydrogen) atoms. The lowest BCUT2D eigenvalue weighted by Gasteiger charge is -2.21. The van der Waals surface area contributed by atoms with Crippen LogP contribution < -0.4 is 5.32 Å². The van der Waals surface area contributed by atoms with Gasteiger partial charge in [0, 0.05) is 5.69 Å². The molecule has 0 aromatic carbocycles. The number of aromatic nitrogens is 1. The van der Waals surface area contributed by atoms with Gasteiger partial charge in [-0.05, 0) is 32.9 Å². The Labute approximate surface area is 137 Å². The highest BCUT2D eigenvalue weighted by Gasteiger charge is 2.44. The van der Waals surface area contributed by atoms with Gasteiger partial charge in [-0.15, -0.1) is 0 Å². The number of alkyl halides is 3. The molecule has 1 aromatic heterocycles. The van der Waals surface area contributed by atoms with Crippen molar-refractivity contribution in [3.8, 4) is 6.07 Å². The third-order valence-electron chi connectivity index (χ3n) is 2.64. The highest BCUT2D eigenvalue weighted by Crippen LogP contribution is 2.58. The van der Waals surface area contributed by atoms with Crippen molar-refractivity contribution in [1.29, 1.82) is 5.26 Å².